The SMILES string of the molecule is C#COc1ccc2c(c1)CC[C@@H]1[C@@H]2CC[C@@]2(C)[C@H]1CCC2(O)O. The van der Waals surface area contributed by atoms with Crippen LogP contribution < -0.4 is 4.74 Å². The van der Waals surface area contributed by atoms with Crippen LogP contribution in [0.2, 0.25) is 0 Å². The van der Waals surface area contributed by atoms with Crippen LogP contribution in [-0.4, -0.2) is 16.0 Å². The Hall–Kier alpha value is -1.50. The third-order valence-electron chi connectivity index (χ3n) is 6.98. The van der Waals surface area contributed by atoms with Gasteiger partial charge in [-0.05, 0) is 73.1 Å². The number of benzene rings is 1. The Morgan fingerprint density at radius 1 is 1.22 bits per heavy atom. The van der Waals surface area contributed by atoms with Gasteiger partial charge in [-0.2, -0.15) is 0 Å². The monoisotopic (exact) mass is 312 g/mol. The average molecular weight is 312 g/mol. The van der Waals surface area contributed by atoms with Gasteiger partial charge in [0.1, 0.15) is 11.9 Å². The number of ether oxygens (including phenoxy) is 1. The van der Waals surface area contributed by atoms with E-state index in [0.717, 1.165) is 37.9 Å². The summed E-state index contributed by atoms with van der Waals surface area (Å²) in [4.78, 5) is 0. The van der Waals surface area contributed by atoms with Crippen molar-refractivity contribution in [2.24, 2.45) is 17.3 Å². The van der Waals surface area contributed by atoms with E-state index in [9.17, 15) is 10.2 Å². The minimum Gasteiger partial charge on any atom is -0.408 e. The van der Waals surface area contributed by atoms with Gasteiger partial charge >= 0.3 is 0 Å². The van der Waals surface area contributed by atoms with Gasteiger partial charge in [0.25, 0.3) is 0 Å². The molecule has 23 heavy (non-hydrogen) atoms. The summed E-state index contributed by atoms with van der Waals surface area (Å²) in [5.74, 6) is 0.752. The summed E-state index contributed by atoms with van der Waals surface area (Å²) in [5, 5.41) is 20.9. The highest BCUT2D eigenvalue weighted by Crippen LogP contribution is 2.63. The van der Waals surface area contributed by atoms with E-state index >= 15 is 0 Å². The molecule has 2 N–H and O–H groups in total. The van der Waals surface area contributed by atoms with Crippen molar-refractivity contribution in [3.63, 3.8) is 0 Å². The van der Waals surface area contributed by atoms with Crippen LogP contribution in [0.3, 0.4) is 0 Å². The average Bonchev–Trinajstić information content (AvgIpc) is 2.77. The molecule has 0 bridgehead atoms. The Kier molecular flexibility index (Phi) is 3.27. The molecule has 0 aliphatic heterocycles. The van der Waals surface area contributed by atoms with Gasteiger partial charge in [0, 0.05) is 11.8 Å². The van der Waals surface area contributed by atoms with Crippen LogP contribution in [0.1, 0.15) is 56.1 Å². The standard InChI is InChI=1S/C20H24O3/c1-3-23-14-5-7-15-13(12-14)4-6-17-16(15)8-10-19(2)18(17)9-11-20(19,21)22/h1,5,7,12,16-18,21-22H,4,6,8-11H2,2H3/t16-,17-,18+,19+/m1/s1. The lowest BCUT2D eigenvalue weighted by Crippen LogP contribution is -2.50. The smallest absolute Gasteiger partial charge is 0.168 e. The predicted octanol–water partition coefficient (Wildman–Crippen LogP) is 3.19. The molecule has 122 valence electrons. The summed E-state index contributed by atoms with van der Waals surface area (Å²) in [6.07, 6.45) is 13.0. The van der Waals surface area contributed by atoms with E-state index in [1.165, 1.54) is 11.1 Å². The van der Waals surface area contributed by atoms with Gasteiger partial charge in [-0.3, -0.25) is 0 Å². The Balaban J connectivity index is 1.67. The predicted molar refractivity (Wildman–Crippen MR) is 87.7 cm³/mol. The highest BCUT2D eigenvalue weighted by Gasteiger charge is 2.61. The first kappa shape index (κ1) is 15.1. The molecule has 0 saturated heterocycles. The lowest BCUT2D eigenvalue weighted by Gasteiger charge is -2.51. The molecule has 3 aliphatic rings. The minimum atomic E-state index is -1.49. The van der Waals surface area contributed by atoms with Crippen LogP contribution >= 0.6 is 0 Å². The number of rotatable bonds is 1. The fourth-order valence-corrected chi connectivity index (χ4v) is 5.68. The van der Waals surface area contributed by atoms with Crippen LogP contribution in [0.5, 0.6) is 5.75 Å². The van der Waals surface area contributed by atoms with Crippen LogP contribution in [0.4, 0.5) is 0 Å². The molecule has 3 nitrogen and oxygen atoms in total. The Labute approximate surface area is 137 Å². The molecule has 0 heterocycles. The summed E-state index contributed by atoms with van der Waals surface area (Å²) in [6, 6.07) is 6.21. The molecule has 4 atom stereocenters. The molecule has 0 radical (unpaired) electrons. The zero-order valence-corrected chi connectivity index (χ0v) is 13.6. The highest BCUT2D eigenvalue weighted by molar-refractivity contribution is 5.41. The molecule has 2 saturated carbocycles. The van der Waals surface area contributed by atoms with Gasteiger partial charge in [0.15, 0.2) is 5.79 Å². The molecule has 1 aromatic rings. The first-order valence-electron chi connectivity index (χ1n) is 8.66. The van der Waals surface area contributed by atoms with Gasteiger partial charge in [-0.1, -0.05) is 19.4 Å². The molecule has 4 rings (SSSR count). The molecule has 0 spiro atoms. The highest BCUT2D eigenvalue weighted by atomic mass is 16.5. The minimum absolute atomic E-state index is 0.349. The maximum Gasteiger partial charge on any atom is 0.168 e. The second-order valence-electron chi connectivity index (χ2n) is 7.81. The van der Waals surface area contributed by atoms with Crippen molar-refractivity contribution in [2.45, 2.75) is 57.2 Å². The molecule has 0 unspecified atom stereocenters. The molecule has 3 aliphatic carbocycles. The number of aryl methyl sites for hydroxylation is 1. The van der Waals surface area contributed by atoms with Crippen LogP contribution in [0, 0.1) is 29.8 Å². The topological polar surface area (TPSA) is 49.7 Å². The Morgan fingerprint density at radius 2 is 2.04 bits per heavy atom. The zero-order chi connectivity index (χ0) is 16.2. The fraction of sp³-hybridized carbons (Fsp3) is 0.600. The third kappa shape index (κ3) is 2.05. The zero-order valence-electron chi connectivity index (χ0n) is 13.6. The molecule has 3 heteroatoms. The number of hydrogen-bond donors (Lipinski definition) is 2. The number of terminal acetylenes is 1. The van der Waals surface area contributed by atoms with Crippen molar-refractivity contribution in [3.05, 3.63) is 29.3 Å². The molecular weight excluding hydrogens is 288 g/mol. The molecule has 2 fully saturated rings. The van der Waals surface area contributed by atoms with Crippen molar-refractivity contribution in [3.8, 4) is 18.3 Å². The molecule has 0 amide bonds. The van der Waals surface area contributed by atoms with Gasteiger partial charge in [-0.25, -0.2) is 0 Å². The van der Waals surface area contributed by atoms with Gasteiger partial charge < -0.3 is 14.9 Å². The molecule has 0 aromatic heterocycles. The molecule has 1 aromatic carbocycles. The third-order valence-corrected chi connectivity index (χ3v) is 6.98. The van der Waals surface area contributed by atoms with E-state index in [1.54, 1.807) is 0 Å². The maximum atomic E-state index is 10.5. The largest absolute Gasteiger partial charge is 0.408 e. The van der Waals surface area contributed by atoms with Gasteiger partial charge in [-0.15, -0.1) is 0 Å². The van der Waals surface area contributed by atoms with Crippen LogP contribution in [-0.2, 0) is 6.42 Å². The first-order valence-corrected chi connectivity index (χ1v) is 8.66. The second kappa shape index (κ2) is 5.00. The van der Waals surface area contributed by atoms with E-state index in [4.69, 9.17) is 11.2 Å². The van der Waals surface area contributed by atoms with E-state index in [0.29, 0.717) is 24.2 Å². The Bertz CT molecular complexity index is 672. The normalized spacial score (nSPS) is 37.2. The van der Waals surface area contributed by atoms with E-state index < -0.39 is 5.79 Å². The summed E-state index contributed by atoms with van der Waals surface area (Å²) in [7, 11) is 0. The number of hydrogen-bond acceptors (Lipinski definition) is 3. The summed E-state index contributed by atoms with van der Waals surface area (Å²) in [5.41, 5.74) is 2.42. The van der Waals surface area contributed by atoms with Crippen molar-refractivity contribution in [2.75, 3.05) is 0 Å². The summed E-state index contributed by atoms with van der Waals surface area (Å²) in [6.45, 7) is 2.08. The maximum absolute atomic E-state index is 10.5. The lowest BCUT2D eigenvalue weighted by atomic mass is 9.55. The van der Waals surface area contributed by atoms with Crippen molar-refractivity contribution < 1.29 is 14.9 Å². The summed E-state index contributed by atoms with van der Waals surface area (Å²) < 4.78 is 5.18. The van der Waals surface area contributed by atoms with Crippen molar-refractivity contribution in [1.29, 1.82) is 0 Å². The second-order valence-corrected chi connectivity index (χ2v) is 7.81. The quantitative estimate of drug-likeness (QED) is 0.618. The van der Waals surface area contributed by atoms with Gasteiger partial charge in [0.05, 0.1) is 0 Å². The van der Waals surface area contributed by atoms with Gasteiger partial charge in [0.2, 0.25) is 0 Å². The Morgan fingerprint density at radius 3 is 2.83 bits per heavy atom. The first-order chi connectivity index (χ1) is 11.0. The van der Waals surface area contributed by atoms with Crippen molar-refractivity contribution >= 4 is 0 Å². The number of fused-ring (bicyclic) bond motifs is 5. The fourth-order valence-electron chi connectivity index (χ4n) is 5.68. The number of aliphatic hydroxyl groups is 2. The molecular formula is C20H24O3. The lowest BCUT2D eigenvalue weighted by molar-refractivity contribution is -0.241. The van der Waals surface area contributed by atoms with Crippen molar-refractivity contribution in [1.82, 2.24) is 0 Å². The van der Waals surface area contributed by atoms with E-state index in [-0.39, 0.29) is 5.41 Å². The van der Waals surface area contributed by atoms with Crippen LogP contribution in [0.15, 0.2) is 18.2 Å². The summed E-state index contributed by atoms with van der Waals surface area (Å²) >= 11 is 0. The van der Waals surface area contributed by atoms with Crippen LogP contribution in [0.25, 0.3) is 0 Å². The van der Waals surface area contributed by atoms with E-state index in [1.807, 2.05) is 6.07 Å². The van der Waals surface area contributed by atoms with E-state index in [2.05, 4.69) is 25.2 Å².